The molecule has 1 aromatic heterocycles. The highest BCUT2D eigenvalue weighted by Gasteiger charge is 2.15. The molecule has 0 radical (unpaired) electrons. The molecule has 0 bridgehead atoms. The number of anilines is 1. The van der Waals surface area contributed by atoms with E-state index in [1.807, 2.05) is 0 Å². The third-order valence-corrected chi connectivity index (χ3v) is 2.75. The zero-order valence-electron chi connectivity index (χ0n) is 9.58. The second kappa shape index (κ2) is 5.25. The summed E-state index contributed by atoms with van der Waals surface area (Å²) in [5, 5.41) is 0. The highest BCUT2D eigenvalue weighted by Crippen LogP contribution is 2.22. The summed E-state index contributed by atoms with van der Waals surface area (Å²) in [7, 11) is 0. The molecule has 16 heavy (non-hydrogen) atoms. The number of pyridine rings is 1. The quantitative estimate of drug-likeness (QED) is 0.785. The molecule has 0 atom stereocenters. The van der Waals surface area contributed by atoms with Gasteiger partial charge in [0.25, 0.3) is 0 Å². The Morgan fingerprint density at radius 1 is 1.44 bits per heavy atom. The van der Waals surface area contributed by atoms with E-state index in [-0.39, 0.29) is 5.82 Å². The average molecular weight is 224 g/mol. The van der Waals surface area contributed by atoms with Crippen molar-refractivity contribution < 1.29 is 9.13 Å². The molecule has 0 amide bonds. The molecule has 1 aliphatic heterocycles. The molecule has 1 saturated heterocycles. The molecule has 4 heteroatoms. The zero-order valence-corrected chi connectivity index (χ0v) is 9.58. The van der Waals surface area contributed by atoms with Crippen LogP contribution in [0.3, 0.4) is 0 Å². The van der Waals surface area contributed by atoms with Crippen molar-refractivity contribution in [3.8, 4) is 0 Å². The van der Waals surface area contributed by atoms with Crippen LogP contribution in [-0.4, -0.2) is 31.3 Å². The minimum absolute atomic E-state index is 0.263. The first-order chi connectivity index (χ1) is 7.81. The summed E-state index contributed by atoms with van der Waals surface area (Å²) < 4.78 is 18.5. The molecule has 3 nitrogen and oxygen atoms in total. The molecule has 88 valence electrons. The van der Waals surface area contributed by atoms with Crippen LogP contribution >= 0.6 is 0 Å². The third kappa shape index (κ3) is 2.50. The van der Waals surface area contributed by atoms with Gasteiger partial charge in [-0.25, -0.2) is 4.39 Å². The van der Waals surface area contributed by atoms with Crippen molar-refractivity contribution in [1.29, 1.82) is 0 Å². The van der Waals surface area contributed by atoms with Crippen molar-refractivity contribution in [3.63, 3.8) is 0 Å². The fourth-order valence-electron chi connectivity index (χ4n) is 1.96. The van der Waals surface area contributed by atoms with E-state index in [0.717, 1.165) is 37.3 Å². The van der Waals surface area contributed by atoms with Crippen LogP contribution in [0, 0.1) is 5.82 Å². The molecule has 0 N–H and O–H groups in total. The number of aryl methyl sites for hydroxylation is 1. The monoisotopic (exact) mass is 224 g/mol. The van der Waals surface area contributed by atoms with Crippen molar-refractivity contribution >= 4 is 5.69 Å². The topological polar surface area (TPSA) is 25.4 Å². The number of ether oxygens (including phenoxy) is 1. The van der Waals surface area contributed by atoms with E-state index in [4.69, 9.17) is 4.74 Å². The van der Waals surface area contributed by atoms with Gasteiger partial charge < -0.3 is 9.64 Å². The van der Waals surface area contributed by atoms with Crippen LogP contribution in [0.1, 0.15) is 19.0 Å². The average Bonchev–Trinajstić information content (AvgIpc) is 2.33. The van der Waals surface area contributed by atoms with Crippen LogP contribution in [0.15, 0.2) is 12.3 Å². The SMILES string of the molecule is CCCc1ncc(F)cc1N1CCOCC1. The summed E-state index contributed by atoms with van der Waals surface area (Å²) in [5.41, 5.74) is 1.93. The largest absolute Gasteiger partial charge is 0.378 e. The van der Waals surface area contributed by atoms with Gasteiger partial charge in [-0.2, -0.15) is 0 Å². The van der Waals surface area contributed by atoms with Crippen molar-refractivity contribution in [2.45, 2.75) is 19.8 Å². The van der Waals surface area contributed by atoms with Gasteiger partial charge in [0.05, 0.1) is 30.8 Å². The lowest BCUT2D eigenvalue weighted by molar-refractivity contribution is 0.122. The van der Waals surface area contributed by atoms with E-state index in [2.05, 4.69) is 16.8 Å². The second-order valence-corrected chi connectivity index (χ2v) is 3.97. The molecule has 1 aliphatic rings. The summed E-state index contributed by atoms with van der Waals surface area (Å²) in [6.07, 6.45) is 3.22. The number of rotatable bonds is 3. The van der Waals surface area contributed by atoms with Crippen LogP contribution in [0.5, 0.6) is 0 Å². The van der Waals surface area contributed by atoms with Crippen molar-refractivity contribution in [1.82, 2.24) is 4.98 Å². The van der Waals surface area contributed by atoms with Gasteiger partial charge in [0.1, 0.15) is 5.82 Å². The Hall–Kier alpha value is -1.16. The summed E-state index contributed by atoms with van der Waals surface area (Å²) >= 11 is 0. The maximum Gasteiger partial charge on any atom is 0.143 e. The van der Waals surface area contributed by atoms with Gasteiger partial charge in [-0.1, -0.05) is 13.3 Å². The normalized spacial score (nSPS) is 16.5. The Kier molecular flexibility index (Phi) is 3.72. The Labute approximate surface area is 95.2 Å². The number of nitrogens with zero attached hydrogens (tertiary/aromatic N) is 2. The van der Waals surface area contributed by atoms with Gasteiger partial charge in [-0.05, 0) is 6.42 Å². The first-order valence-corrected chi connectivity index (χ1v) is 5.78. The first-order valence-electron chi connectivity index (χ1n) is 5.78. The summed E-state index contributed by atoms with van der Waals surface area (Å²) in [6, 6.07) is 1.59. The number of hydrogen-bond acceptors (Lipinski definition) is 3. The maximum absolute atomic E-state index is 13.2. The smallest absolute Gasteiger partial charge is 0.143 e. The van der Waals surface area contributed by atoms with E-state index in [0.29, 0.717) is 13.2 Å². The summed E-state index contributed by atoms with van der Waals surface area (Å²) in [5.74, 6) is -0.263. The molecule has 0 spiro atoms. The van der Waals surface area contributed by atoms with E-state index in [1.165, 1.54) is 6.20 Å². The predicted octanol–water partition coefficient (Wildman–Crippen LogP) is 2.01. The van der Waals surface area contributed by atoms with Crippen molar-refractivity contribution in [2.75, 3.05) is 31.2 Å². The van der Waals surface area contributed by atoms with Crippen LogP contribution in [-0.2, 0) is 11.2 Å². The Balaban J connectivity index is 2.24. The molecule has 2 rings (SSSR count). The van der Waals surface area contributed by atoms with E-state index < -0.39 is 0 Å². The zero-order chi connectivity index (χ0) is 11.4. The van der Waals surface area contributed by atoms with Crippen molar-refractivity contribution in [3.05, 3.63) is 23.8 Å². The maximum atomic E-state index is 13.2. The van der Waals surface area contributed by atoms with E-state index >= 15 is 0 Å². The molecule has 1 aromatic rings. The van der Waals surface area contributed by atoms with Gasteiger partial charge in [0.15, 0.2) is 0 Å². The van der Waals surface area contributed by atoms with Crippen LogP contribution in [0.2, 0.25) is 0 Å². The van der Waals surface area contributed by atoms with Crippen LogP contribution < -0.4 is 4.90 Å². The Bertz CT molecular complexity index is 351. The van der Waals surface area contributed by atoms with Gasteiger partial charge in [0.2, 0.25) is 0 Å². The number of morpholine rings is 1. The van der Waals surface area contributed by atoms with Crippen molar-refractivity contribution in [2.24, 2.45) is 0 Å². The number of aromatic nitrogens is 1. The summed E-state index contributed by atoms with van der Waals surface area (Å²) in [6.45, 7) is 5.17. The standard InChI is InChI=1S/C12H17FN2O/c1-2-3-11-12(8-10(13)9-14-11)15-4-6-16-7-5-15/h8-9H,2-7H2,1H3. The van der Waals surface area contributed by atoms with Gasteiger partial charge in [-0.3, -0.25) is 4.98 Å². The lowest BCUT2D eigenvalue weighted by Gasteiger charge is -2.30. The first kappa shape index (κ1) is 11.3. The minimum atomic E-state index is -0.263. The molecule has 0 aliphatic carbocycles. The van der Waals surface area contributed by atoms with Gasteiger partial charge >= 0.3 is 0 Å². The fourth-order valence-corrected chi connectivity index (χ4v) is 1.96. The number of hydrogen-bond donors (Lipinski definition) is 0. The highest BCUT2D eigenvalue weighted by atomic mass is 19.1. The minimum Gasteiger partial charge on any atom is -0.378 e. The lowest BCUT2D eigenvalue weighted by Crippen LogP contribution is -2.37. The molecular formula is C12H17FN2O. The molecule has 1 fully saturated rings. The highest BCUT2D eigenvalue weighted by molar-refractivity contribution is 5.51. The van der Waals surface area contributed by atoms with Crippen LogP contribution in [0.25, 0.3) is 0 Å². The molecule has 0 unspecified atom stereocenters. The molecule has 0 saturated carbocycles. The molecular weight excluding hydrogens is 207 g/mol. The Morgan fingerprint density at radius 2 is 2.19 bits per heavy atom. The van der Waals surface area contributed by atoms with Crippen LogP contribution in [0.4, 0.5) is 10.1 Å². The van der Waals surface area contributed by atoms with E-state index in [1.54, 1.807) is 6.07 Å². The van der Waals surface area contributed by atoms with E-state index in [9.17, 15) is 4.39 Å². The predicted molar refractivity (Wildman–Crippen MR) is 61.2 cm³/mol. The van der Waals surface area contributed by atoms with Gasteiger partial charge in [0, 0.05) is 19.2 Å². The third-order valence-electron chi connectivity index (χ3n) is 2.75. The lowest BCUT2D eigenvalue weighted by atomic mass is 10.1. The fraction of sp³-hybridized carbons (Fsp3) is 0.583. The van der Waals surface area contributed by atoms with Gasteiger partial charge in [-0.15, -0.1) is 0 Å². The molecule has 2 heterocycles. The summed E-state index contributed by atoms with van der Waals surface area (Å²) in [4.78, 5) is 6.34. The molecule has 0 aromatic carbocycles. The second-order valence-electron chi connectivity index (χ2n) is 3.97. The number of halogens is 1. The Morgan fingerprint density at radius 3 is 2.88 bits per heavy atom.